The first-order valence-electron chi connectivity index (χ1n) is 4.62. The van der Waals surface area contributed by atoms with Gasteiger partial charge in [-0.25, -0.2) is 4.79 Å². The lowest BCUT2D eigenvalue weighted by atomic mass is 10.1. The maximum absolute atomic E-state index is 11.1. The number of nitrogens with one attached hydrogen (secondary N) is 1. The van der Waals surface area contributed by atoms with Gasteiger partial charge in [-0.05, 0) is 17.0 Å². The molecule has 2 N–H and O–H groups in total. The largest absolute Gasteiger partial charge is 0.478 e. The Morgan fingerprint density at radius 3 is 2.76 bits per heavy atom. The molecule has 0 fully saturated rings. The Balaban J connectivity index is 2.62. The second kappa shape index (κ2) is 4.34. The Morgan fingerprint density at radius 2 is 2.18 bits per heavy atom. The second-order valence-electron chi connectivity index (χ2n) is 3.29. The molecule has 0 saturated carbocycles. The molecule has 5 nitrogen and oxygen atoms in total. The van der Waals surface area contributed by atoms with Gasteiger partial charge in [0.15, 0.2) is 6.29 Å². The smallest absolute Gasteiger partial charge is 0.336 e. The number of H-pyrrole nitrogens is 1. The number of aromatic nitrogens is 1. The van der Waals surface area contributed by atoms with Crippen LogP contribution in [0.4, 0.5) is 0 Å². The fourth-order valence-electron chi connectivity index (χ4n) is 1.44. The molecule has 0 aliphatic carbocycles. The van der Waals surface area contributed by atoms with E-state index in [9.17, 15) is 14.4 Å². The van der Waals surface area contributed by atoms with E-state index >= 15 is 0 Å². The molecule has 17 heavy (non-hydrogen) atoms. The Bertz CT molecular complexity index is 641. The summed E-state index contributed by atoms with van der Waals surface area (Å²) in [5.41, 5.74) is 0.438. The third-order valence-electron chi connectivity index (χ3n) is 2.20. The van der Waals surface area contributed by atoms with E-state index < -0.39 is 11.5 Å². The number of aromatic amines is 1. The molecule has 86 valence electrons. The Morgan fingerprint density at radius 1 is 1.41 bits per heavy atom. The normalized spacial score (nSPS) is 10.1. The number of carbonyl (C=O) groups excluding carboxylic acids is 1. The summed E-state index contributed by atoms with van der Waals surface area (Å²) in [4.78, 5) is 35.6. The Kier molecular flexibility index (Phi) is 2.88. The molecule has 0 unspecified atom stereocenters. The third-order valence-corrected chi connectivity index (χ3v) is 3.06. The lowest BCUT2D eigenvalue weighted by Crippen LogP contribution is -2.10. The fraction of sp³-hybridized carbons (Fsp3) is 0. The van der Waals surface area contributed by atoms with Gasteiger partial charge in [-0.1, -0.05) is 0 Å². The molecule has 0 bridgehead atoms. The topological polar surface area (TPSA) is 87.2 Å². The summed E-state index contributed by atoms with van der Waals surface area (Å²) in [6.07, 6.45) is 2.03. The van der Waals surface area contributed by atoms with E-state index in [1.165, 1.54) is 17.5 Å². The first kappa shape index (κ1) is 11.3. The van der Waals surface area contributed by atoms with Crippen LogP contribution >= 0.6 is 11.3 Å². The zero-order chi connectivity index (χ0) is 12.4. The van der Waals surface area contributed by atoms with Crippen molar-refractivity contribution in [3.05, 3.63) is 44.5 Å². The summed E-state index contributed by atoms with van der Waals surface area (Å²) in [6.45, 7) is 0. The van der Waals surface area contributed by atoms with E-state index in [-0.39, 0.29) is 5.56 Å². The Labute approximate surface area is 99.4 Å². The van der Waals surface area contributed by atoms with Gasteiger partial charge in [0.1, 0.15) is 0 Å². The van der Waals surface area contributed by atoms with Crippen LogP contribution in [0.5, 0.6) is 0 Å². The van der Waals surface area contributed by atoms with Crippen molar-refractivity contribution in [2.24, 2.45) is 0 Å². The van der Waals surface area contributed by atoms with Gasteiger partial charge in [-0.2, -0.15) is 0 Å². The molecular formula is C11H7NO4S. The lowest BCUT2D eigenvalue weighted by molar-refractivity contribution is 0.0697. The summed E-state index contributed by atoms with van der Waals surface area (Å²) in [5, 5.41) is 10.7. The van der Waals surface area contributed by atoms with Crippen LogP contribution in [0, 0.1) is 0 Å². The summed E-state index contributed by atoms with van der Waals surface area (Å²) < 4.78 is 0. The van der Waals surface area contributed by atoms with E-state index in [0.29, 0.717) is 22.3 Å². The number of rotatable bonds is 3. The first-order chi connectivity index (χ1) is 8.11. The highest BCUT2D eigenvalue weighted by Gasteiger charge is 2.13. The van der Waals surface area contributed by atoms with E-state index in [1.807, 2.05) is 0 Å². The maximum atomic E-state index is 11.1. The SMILES string of the molecule is O=Cc1cc(-c2c[nH]c(=O)cc2C(=O)O)cs1. The maximum Gasteiger partial charge on any atom is 0.336 e. The van der Waals surface area contributed by atoms with Crippen LogP contribution in [0.2, 0.25) is 0 Å². The lowest BCUT2D eigenvalue weighted by Gasteiger charge is -2.02. The number of carboxylic acid groups (broad SMARTS) is 1. The number of thiophene rings is 1. The molecule has 2 heterocycles. The zero-order valence-corrected chi connectivity index (χ0v) is 9.28. The van der Waals surface area contributed by atoms with E-state index in [1.54, 1.807) is 11.4 Å². The molecule has 0 saturated heterocycles. The molecule has 0 amide bonds. The van der Waals surface area contributed by atoms with Crippen LogP contribution < -0.4 is 5.56 Å². The van der Waals surface area contributed by atoms with Gasteiger partial charge in [0, 0.05) is 17.8 Å². The number of carboxylic acids is 1. The molecule has 6 heteroatoms. The molecule has 0 atom stereocenters. The van der Waals surface area contributed by atoms with Crippen molar-refractivity contribution in [2.45, 2.75) is 0 Å². The minimum Gasteiger partial charge on any atom is -0.478 e. The second-order valence-corrected chi connectivity index (χ2v) is 4.23. The summed E-state index contributed by atoms with van der Waals surface area (Å²) in [6, 6.07) is 2.60. The quantitative estimate of drug-likeness (QED) is 0.809. The van der Waals surface area contributed by atoms with Gasteiger partial charge in [0.25, 0.3) is 0 Å². The predicted molar refractivity (Wildman–Crippen MR) is 62.7 cm³/mol. The first-order valence-corrected chi connectivity index (χ1v) is 5.50. The van der Waals surface area contributed by atoms with Crippen LogP contribution in [0.3, 0.4) is 0 Å². The predicted octanol–water partition coefficient (Wildman–Crippen LogP) is 1.61. The summed E-state index contributed by atoms with van der Waals surface area (Å²) >= 11 is 1.22. The molecule has 2 aromatic rings. The number of hydrogen-bond acceptors (Lipinski definition) is 4. The van der Waals surface area contributed by atoms with Crippen LogP contribution in [0.15, 0.2) is 28.5 Å². The monoisotopic (exact) mass is 249 g/mol. The molecule has 0 aliphatic heterocycles. The van der Waals surface area contributed by atoms with Gasteiger partial charge in [0.2, 0.25) is 5.56 Å². The number of aromatic carboxylic acids is 1. The highest BCUT2D eigenvalue weighted by atomic mass is 32.1. The molecule has 2 aromatic heterocycles. The highest BCUT2D eigenvalue weighted by molar-refractivity contribution is 7.12. The average molecular weight is 249 g/mol. The number of hydrogen-bond donors (Lipinski definition) is 2. The van der Waals surface area contributed by atoms with Gasteiger partial charge >= 0.3 is 5.97 Å². The zero-order valence-electron chi connectivity index (χ0n) is 8.47. The highest BCUT2D eigenvalue weighted by Crippen LogP contribution is 2.26. The number of carbonyl (C=O) groups is 2. The molecular weight excluding hydrogens is 242 g/mol. The van der Waals surface area contributed by atoms with Crippen molar-refractivity contribution in [1.82, 2.24) is 4.98 Å². The van der Waals surface area contributed by atoms with E-state index in [4.69, 9.17) is 5.11 Å². The van der Waals surface area contributed by atoms with Crippen molar-refractivity contribution in [3.63, 3.8) is 0 Å². The van der Waals surface area contributed by atoms with Crippen LogP contribution in [-0.4, -0.2) is 22.3 Å². The van der Waals surface area contributed by atoms with Crippen LogP contribution in [0.1, 0.15) is 20.0 Å². The summed E-state index contributed by atoms with van der Waals surface area (Å²) in [7, 11) is 0. The minimum absolute atomic E-state index is 0.0796. The van der Waals surface area contributed by atoms with Crippen molar-refractivity contribution in [2.75, 3.05) is 0 Å². The molecule has 0 aliphatic rings. The van der Waals surface area contributed by atoms with Gasteiger partial charge in [0.05, 0.1) is 10.4 Å². The van der Waals surface area contributed by atoms with Crippen molar-refractivity contribution < 1.29 is 14.7 Å². The number of pyridine rings is 1. The molecule has 0 spiro atoms. The Hall–Kier alpha value is -2.21. The van der Waals surface area contributed by atoms with Crippen molar-refractivity contribution in [1.29, 1.82) is 0 Å². The van der Waals surface area contributed by atoms with Crippen molar-refractivity contribution in [3.8, 4) is 11.1 Å². The average Bonchev–Trinajstić information content (AvgIpc) is 2.77. The summed E-state index contributed by atoms with van der Waals surface area (Å²) in [5.74, 6) is -1.18. The molecule has 0 aromatic carbocycles. The standard InChI is InChI=1S/C11H7NO4S/c13-4-7-1-6(5-17-7)9-3-12-10(14)2-8(9)11(15)16/h1-5H,(H,12,14)(H,15,16). The third kappa shape index (κ3) is 2.16. The van der Waals surface area contributed by atoms with Crippen molar-refractivity contribution >= 4 is 23.6 Å². The minimum atomic E-state index is -1.18. The van der Waals surface area contributed by atoms with E-state index in [0.717, 1.165) is 6.07 Å². The molecule has 2 rings (SSSR count). The molecule has 0 radical (unpaired) electrons. The van der Waals surface area contributed by atoms with Gasteiger partial charge in [-0.3, -0.25) is 9.59 Å². The number of aldehydes is 1. The van der Waals surface area contributed by atoms with E-state index in [2.05, 4.69) is 4.98 Å². The van der Waals surface area contributed by atoms with Crippen LogP contribution in [0.25, 0.3) is 11.1 Å². The van der Waals surface area contributed by atoms with Crippen LogP contribution in [-0.2, 0) is 0 Å². The van der Waals surface area contributed by atoms with Gasteiger partial charge in [-0.15, -0.1) is 11.3 Å². The fourth-order valence-corrected chi connectivity index (χ4v) is 2.15. The van der Waals surface area contributed by atoms with Gasteiger partial charge < -0.3 is 10.1 Å².